The van der Waals surface area contributed by atoms with Crippen molar-refractivity contribution in [1.82, 2.24) is 14.8 Å². The molecule has 1 aromatic heterocycles. The van der Waals surface area contributed by atoms with Crippen LogP contribution in [0.5, 0.6) is 0 Å². The summed E-state index contributed by atoms with van der Waals surface area (Å²) in [6.07, 6.45) is 6.98. The van der Waals surface area contributed by atoms with E-state index in [1.165, 1.54) is 12.1 Å². The Morgan fingerprint density at radius 2 is 1.95 bits per heavy atom. The van der Waals surface area contributed by atoms with Gasteiger partial charge in [-0.1, -0.05) is 18.2 Å². The van der Waals surface area contributed by atoms with Crippen LogP contribution >= 0.6 is 0 Å². The molecule has 0 radical (unpaired) electrons. The van der Waals surface area contributed by atoms with Crippen LogP contribution in [0.15, 0.2) is 43.0 Å². The second kappa shape index (κ2) is 5.15. The Kier molecular flexibility index (Phi) is 3.15. The van der Waals surface area contributed by atoms with E-state index in [4.69, 9.17) is 4.74 Å². The molecule has 2 aliphatic heterocycles. The molecule has 2 aliphatic rings. The van der Waals surface area contributed by atoms with Crippen molar-refractivity contribution in [3.8, 4) is 0 Å². The van der Waals surface area contributed by atoms with Crippen LogP contribution in [0.2, 0.25) is 0 Å². The van der Waals surface area contributed by atoms with Crippen LogP contribution in [-0.4, -0.2) is 40.1 Å². The van der Waals surface area contributed by atoms with Gasteiger partial charge in [0.05, 0.1) is 18.2 Å². The molecule has 5 nitrogen and oxygen atoms in total. The van der Waals surface area contributed by atoms with E-state index in [0.717, 1.165) is 32.5 Å². The van der Waals surface area contributed by atoms with E-state index in [2.05, 4.69) is 50.0 Å². The Morgan fingerprint density at radius 3 is 2.76 bits per heavy atom. The first kappa shape index (κ1) is 12.8. The monoisotopic (exact) mass is 284 g/mol. The first-order valence-electron chi connectivity index (χ1n) is 7.63. The van der Waals surface area contributed by atoms with Gasteiger partial charge < -0.3 is 14.2 Å². The number of piperidine rings is 1. The maximum absolute atomic E-state index is 6.25. The zero-order valence-electron chi connectivity index (χ0n) is 12.1. The van der Waals surface area contributed by atoms with Crippen LogP contribution in [0.3, 0.4) is 0 Å². The van der Waals surface area contributed by atoms with Gasteiger partial charge >= 0.3 is 0 Å². The first-order chi connectivity index (χ1) is 10.3. The smallest absolute Gasteiger partial charge is 0.119 e. The van der Waals surface area contributed by atoms with Crippen LogP contribution in [-0.2, 0) is 4.74 Å². The molecule has 1 aromatic carbocycles. The van der Waals surface area contributed by atoms with E-state index >= 15 is 0 Å². The van der Waals surface area contributed by atoms with Gasteiger partial charge in [-0.3, -0.25) is 0 Å². The molecule has 0 N–H and O–H groups in total. The quantitative estimate of drug-likeness (QED) is 0.848. The highest BCUT2D eigenvalue weighted by Crippen LogP contribution is 2.40. The summed E-state index contributed by atoms with van der Waals surface area (Å²) >= 11 is 0. The van der Waals surface area contributed by atoms with Crippen molar-refractivity contribution in [2.24, 2.45) is 0 Å². The van der Waals surface area contributed by atoms with Gasteiger partial charge in [-0.15, -0.1) is 10.2 Å². The largest absolute Gasteiger partial charge is 0.371 e. The molecule has 1 spiro atoms. The Labute approximate surface area is 124 Å². The number of aromatic nitrogens is 3. The lowest BCUT2D eigenvalue weighted by Gasteiger charge is -2.41. The lowest BCUT2D eigenvalue weighted by Crippen LogP contribution is -2.48. The second-order valence-corrected chi connectivity index (χ2v) is 6.12. The molecular formula is C16H20N4O. The Hall–Kier alpha value is -1.88. The molecule has 2 aromatic rings. The molecule has 3 heterocycles. The van der Waals surface area contributed by atoms with E-state index in [1.807, 2.05) is 0 Å². The summed E-state index contributed by atoms with van der Waals surface area (Å²) in [4.78, 5) is 2.46. The standard InChI is InChI=1S/C16H20N4O/c1-2-5-14(6-3-1)19-8-4-7-16(11-19)9-15(10-21-16)20-12-17-18-13-20/h1-3,5-6,12-13,15H,4,7-11H2. The number of hydrogen-bond acceptors (Lipinski definition) is 4. The van der Waals surface area contributed by atoms with Gasteiger partial charge in [0.15, 0.2) is 0 Å². The van der Waals surface area contributed by atoms with Crippen molar-refractivity contribution in [3.63, 3.8) is 0 Å². The Bertz CT molecular complexity index is 586. The van der Waals surface area contributed by atoms with Crippen LogP contribution < -0.4 is 4.90 Å². The van der Waals surface area contributed by atoms with E-state index in [9.17, 15) is 0 Å². The van der Waals surface area contributed by atoms with Gasteiger partial charge in [-0.2, -0.15) is 0 Å². The summed E-state index contributed by atoms with van der Waals surface area (Å²) in [5.74, 6) is 0. The average Bonchev–Trinajstić information content (AvgIpc) is 3.19. The minimum absolute atomic E-state index is 0.0109. The Balaban J connectivity index is 1.51. The van der Waals surface area contributed by atoms with Crippen LogP contribution in [0.25, 0.3) is 0 Å². The van der Waals surface area contributed by atoms with Gasteiger partial charge in [0.25, 0.3) is 0 Å². The zero-order chi connectivity index (χ0) is 14.1. The van der Waals surface area contributed by atoms with Crippen molar-refractivity contribution in [2.75, 3.05) is 24.6 Å². The zero-order valence-corrected chi connectivity index (χ0v) is 12.1. The second-order valence-electron chi connectivity index (χ2n) is 6.12. The van der Waals surface area contributed by atoms with Crippen molar-refractivity contribution in [3.05, 3.63) is 43.0 Å². The van der Waals surface area contributed by atoms with E-state index in [0.29, 0.717) is 6.04 Å². The number of benzene rings is 1. The van der Waals surface area contributed by atoms with E-state index < -0.39 is 0 Å². The molecule has 2 atom stereocenters. The lowest BCUT2D eigenvalue weighted by atomic mass is 9.88. The van der Waals surface area contributed by atoms with Crippen molar-refractivity contribution >= 4 is 5.69 Å². The number of hydrogen-bond donors (Lipinski definition) is 0. The fourth-order valence-corrected chi connectivity index (χ4v) is 3.65. The highest BCUT2D eigenvalue weighted by molar-refractivity contribution is 5.47. The van der Waals surface area contributed by atoms with Crippen LogP contribution in [0, 0.1) is 0 Å². The van der Waals surface area contributed by atoms with Crippen LogP contribution in [0.4, 0.5) is 5.69 Å². The summed E-state index contributed by atoms with van der Waals surface area (Å²) < 4.78 is 8.33. The van der Waals surface area contributed by atoms with Gasteiger partial charge in [0, 0.05) is 25.2 Å². The van der Waals surface area contributed by atoms with Crippen molar-refractivity contribution in [2.45, 2.75) is 30.9 Å². The summed E-state index contributed by atoms with van der Waals surface area (Å²) in [7, 11) is 0. The lowest BCUT2D eigenvalue weighted by molar-refractivity contribution is -0.00687. The number of nitrogens with zero attached hydrogens (tertiary/aromatic N) is 4. The predicted molar refractivity (Wildman–Crippen MR) is 80.2 cm³/mol. The summed E-state index contributed by atoms with van der Waals surface area (Å²) in [6.45, 7) is 2.86. The van der Waals surface area contributed by atoms with Gasteiger partial charge in [0.1, 0.15) is 12.7 Å². The van der Waals surface area contributed by atoms with Gasteiger partial charge in [0.2, 0.25) is 0 Å². The number of ether oxygens (including phenoxy) is 1. The molecule has 2 saturated heterocycles. The molecule has 2 unspecified atom stereocenters. The molecule has 0 bridgehead atoms. The normalized spacial score (nSPS) is 29.1. The minimum atomic E-state index is -0.0109. The molecule has 4 rings (SSSR count). The van der Waals surface area contributed by atoms with E-state index in [-0.39, 0.29) is 5.60 Å². The minimum Gasteiger partial charge on any atom is -0.371 e. The van der Waals surface area contributed by atoms with Gasteiger partial charge in [-0.25, -0.2) is 0 Å². The third kappa shape index (κ3) is 2.42. The fourth-order valence-electron chi connectivity index (χ4n) is 3.65. The maximum atomic E-state index is 6.25. The molecule has 5 heteroatoms. The highest BCUT2D eigenvalue weighted by atomic mass is 16.5. The molecule has 2 fully saturated rings. The predicted octanol–water partition coefficient (Wildman–Crippen LogP) is 2.28. The van der Waals surface area contributed by atoms with Crippen LogP contribution in [0.1, 0.15) is 25.3 Å². The third-order valence-corrected chi connectivity index (χ3v) is 4.71. The highest BCUT2D eigenvalue weighted by Gasteiger charge is 2.44. The number of anilines is 1. The molecular weight excluding hydrogens is 264 g/mol. The SMILES string of the molecule is c1ccc(N2CCCC3(CC(n4cnnc4)CO3)C2)cc1. The molecule has 0 amide bonds. The van der Waals surface area contributed by atoms with Gasteiger partial charge in [-0.05, 0) is 25.0 Å². The molecule has 21 heavy (non-hydrogen) atoms. The summed E-state index contributed by atoms with van der Waals surface area (Å²) in [5.41, 5.74) is 1.29. The average molecular weight is 284 g/mol. The fraction of sp³-hybridized carbons (Fsp3) is 0.500. The molecule has 0 aliphatic carbocycles. The third-order valence-electron chi connectivity index (χ3n) is 4.71. The number of para-hydroxylation sites is 1. The summed E-state index contributed by atoms with van der Waals surface area (Å²) in [5, 5.41) is 7.82. The first-order valence-corrected chi connectivity index (χ1v) is 7.63. The van der Waals surface area contributed by atoms with E-state index in [1.54, 1.807) is 12.7 Å². The Morgan fingerprint density at radius 1 is 1.14 bits per heavy atom. The van der Waals surface area contributed by atoms with Crippen molar-refractivity contribution in [1.29, 1.82) is 0 Å². The molecule has 110 valence electrons. The summed E-state index contributed by atoms with van der Waals surface area (Å²) in [6, 6.07) is 11.0. The molecule has 0 saturated carbocycles. The van der Waals surface area contributed by atoms with Crippen molar-refractivity contribution < 1.29 is 4.74 Å². The number of rotatable bonds is 2. The topological polar surface area (TPSA) is 43.2 Å². The maximum Gasteiger partial charge on any atom is 0.119 e.